The molecule has 0 aromatic rings. The molecule has 239 valence electrons. The fraction of sp³-hybridized carbons (Fsp3) is 1.00. The Bertz CT molecular complexity index is 740. The molecular weight excluding hydrogens is 606 g/mol. The zero-order valence-corrected chi connectivity index (χ0v) is 31.8. The van der Waals surface area contributed by atoms with Crippen molar-refractivity contribution >= 4 is 0 Å². The Balaban J connectivity index is 0.000000922. The topological polar surface area (TPSA) is 96.2 Å². The second-order valence-electron chi connectivity index (χ2n) is 15.6. The van der Waals surface area contributed by atoms with Gasteiger partial charge in [-0.25, -0.2) is 0 Å². The normalized spacial score (nSPS) is 53.6. The van der Waals surface area contributed by atoms with Crippen LogP contribution in [0.5, 0.6) is 0 Å². The van der Waals surface area contributed by atoms with E-state index in [1.165, 1.54) is 103 Å². The Morgan fingerprint density at radius 3 is 0.488 bits per heavy atom. The van der Waals surface area contributed by atoms with Crippen LogP contribution >= 0.6 is 0 Å². The second-order valence-corrected chi connectivity index (χ2v) is 15.6. The Hall–Kier alpha value is 2.20. The van der Waals surface area contributed by atoms with Crippen molar-refractivity contribution < 1.29 is 79.0 Å². The van der Waals surface area contributed by atoms with Crippen molar-refractivity contribution in [1.29, 1.82) is 0 Å². The van der Waals surface area contributed by atoms with E-state index in [0.717, 1.165) is 47.3 Å². The molecule has 0 aromatic carbocycles. The largest absolute Gasteiger partial charge is 1.00 e. The molecule has 8 nitrogen and oxygen atoms in total. The fourth-order valence-electron chi connectivity index (χ4n) is 12.0. The molecule has 4 saturated carbocycles. The molecule has 11 heteroatoms. The summed E-state index contributed by atoms with van der Waals surface area (Å²) in [7, 11) is 0. The van der Waals surface area contributed by atoms with E-state index in [1.807, 2.05) is 0 Å². The van der Waals surface area contributed by atoms with E-state index in [1.54, 1.807) is 0 Å². The first-order chi connectivity index (χ1) is 19.8. The van der Waals surface area contributed by atoms with Crippen LogP contribution in [0.1, 0.15) is 106 Å². The van der Waals surface area contributed by atoms with Crippen LogP contribution in [0.3, 0.4) is 0 Å². The molecule has 43 heavy (non-hydrogen) atoms. The average Bonchev–Trinajstić information content (AvgIpc) is 3.73. The summed E-state index contributed by atoms with van der Waals surface area (Å²) in [5.41, 5.74) is 0. The molecule has 0 spiro atoms. The summed E-state index contributed by atoms with van der Waals surface area (Å²) in [6.07, 6.45) is 25.6. The van der Waals surface area contributed by atoms with E-state index in [-0.39, 0.29) is 79.0 Å². The predicted octanol–water partition coefficient (Wildman–Crippen LogP) is -3.16. The van der Waals surface area contributed by atoms with Crippen LogP contribution in [0, 0.1) is 47.3 Å². The van der Waals surface area contributed by atoms with Gasteiger partial charge in [-0.2, -0.15) is 0 Å². The van der Waals surface area contributed by atoms with E-state index in [4.69, 9.17) is 0 Å². The van der Waals surface area contributed by atoms with Gasteiger partial charge in [0.05, 0.1) is 49.3 Å². The van der Waals surface area contributed by atoms with Gasteiger partial charge in [0.25, 0.3) is 0 Å². The van der Waals surface area contributed by atoms with Crippen molar-refractivity contribution in [2.75, 3.05) is 0 Å². The maximum absolute atomic E-state index is 4.26. The van der Waals surface area contributed by atoms with Crippen molar-refractivity contribution in [2.24, 2.45) is 47.3 Å². The summed E-state index contributed by atoms with van der Waals surface area (Å²) in [5.74, 6) is 5.97. The monoisotopic (exact) mass is 663 g/mol. The number of hydrogen-bond acceptors (Lipinski definition) is 8. The van der Waals surface area contributed by atoms with Crippen LogP contribution < -0.4 is 102 Å². The first-order valence-electron chi connectivity index (χ1n) is 17.9. The van der Waals surface area contributed by atoms with Gasteiger partial charge in [-0.15, -0.1) is 0 Å². The molecule has 9 rings (SSSR count). The Morgan fingerprint density at radius 2 is 0.372 bits per heavy atom. The van der Waals surface area contributed by atoms with E-state index in [2.05, 4.69) is 42.5 Å². The van der Waals surface area contributed by atoms with Crippen molar-refractivity contribution in [2.45, 2.75) is 152 Å². The minimum Gasteiger partial charge on any atom is -1.00 e. The second kappa shape index (κ2) is 15.0. The van der Waals surface area contributed by atoms with E-state index >= 15 is 0 Å². The summed E-state index contributed by atoms with van der Waals surface area (Å²) >= 11 is 0. The van der Waals surface area contributed by atoms with Crippen molar-refractivity contribution in [1.82, 2.24) is 42.5 Å². The smallest absolute Gasteiger partial charge is 1.00 e. The molecular formula is C32H58CuN8Na2. The Morgan fingerprint density at radius 1 is 0.256 bits per heavy atom. The summed E-state index contributed by atoms with van der Waals surface area (Å²) < 4.78 is 0. The van der Waals surface area contributed by atoms with Gasteiger partial charge in [0, 0.05) is 17.1 Å². The quantitative estimate of drug-likeness (QED) is 0.129. The van der Waals surface area contributed by atoms with Gasteiger partial charge in [-0.05, 0) is 98.7 Å². The molecule has 0 aromatic heterocycles. The third-order valence-corrected chi connectivity index (χ3v) is 13.8. The molecule has 5 heterocycles. The van der Waals surface area contributed by atoms with Crippen LogP contribution in [0.4, 0.5) is 0 Å². The zero-order valence-electron chi connectivity index (χ0n) is 28.9. The van der Waals surface area contributed by atoms with Gasteiger partial charge >= 0.3 is 59.1 Å². The van der Waals surface area contributed by atoms with E-state index in [0.29, 0.717) is 49.3 Å². The van der Waals surface area contributed by atoms with Crippen LogP contribution in [0.25, 0.3) is 0 Å². The summed E-state index contributed by atoms with van der Waals surface area (Å²) in [6.45, 7) is 0. The summed E-state index contributed by atoms with van der Waals surface area (Å²) in [4.78, 5) is 0. The third kappa shape index (κ3) is 6.48. The van der Waals surface area contributed by atoms with Crippen LogP contribution in [-0.4, -0.2) is 49.3 Å². The van der Waals surface area contributed by atoms with Crippen molar-refractivity contribution in [3.05, 3.63) is 0 Å². The molecule has 0 amide bonds. The molecule has 8 unspecified atom stereocenters. The third-order valence-electron chi connectivity index (χ3n) is 13.8. The predicted molar refractivity (Wildman–Crippen MR) is 159 cm³/mol. The minimum absolute atomic E-state index is 0. The molecule has 9 aliphatic rings. The summed E-state index contributed by atoms with van der Waals surface area (Å²) in [6, 6.07) is 0. The number of nitrogens with one attached hydrogen (secondary N) is 8. The Labute approximate surface area is 318 Å². The first-order valence-corrected chi connectivity index (χ1v) is 17.9. The number of rotatable bonds is 0. The molecule has 9 fully saturated rings. The van der Waals surface area contributed by atoms with Crippen LogP contribution in [0.15, 0.2) is 0 Å². The van der Waals surface area contributed by atoms with Crippen molar-refractivity contribution in [3.8, 4) is 0 Å². The SMILES string of the molecule is C1CCC2C3NC(NC4NC(NC5NC(NC6NC(N3)C3CCCCC63)C3CCCCC53)C3CCCCC43)C2C1.[Cu].[H-].[H-].[Na+].[Na+]. The first kappa shape index (κ1) is 35.0. The molecule has 5 saturated heterocycles. The number of hydrogen-bond donors (Lipinski definition) is 8. The molecule has 8 bridgehead atoms. The Kier molecular flexibility index (Phi) is 12.2. The zero-order chi connectivity index (χ0) is 26.2. The summed E-state index contributed by atoms with van der Waals surface area (Å²) in [5, 5.41) is 33.8. The van der Waals surface area contributed by atoms with E-state index in [9.17, 15) is 0 Å². The molecule has 8 atom stereocenters. The maximum Gasteiger partial charge on any atom is 1.00 e. The molecule has 1 radical (unpaired) electrons. The molecule has 4 aliphatic carbocycles. The van der Waals surface area contributed by atoms with Gasteiger partial charge in [0.15, 0.2) is 0 Å². The van der Waals surface area contributed by atoms with Gasteiger partial charge in [0.1, 0.15) is 0 Å². The van der Waals surface area contributed by atoms with E-state index < -0.39 is 0 Å². The molecule has 8 N–H and O–H groups in total. The van der Waals surface area contributed by atoms with Gasteiger partial charge in [-0.3, -0.25) is 42.5 Å². The average molecular weight is 664 g/mol. The van der Waals surface area contributed by atoms with Crippen molar-refractivity contribution in [3.63, 3.8) is 0 Å². The van der Waals surface area contributed by atoms with Crippen LogP contribution in [0.2, 0.25) is 0 Å². The van der Waals surface area contributed by atoms with Crippen LogP contribution in [-0.2, 0) is 17.1 Å². The maximum atomic E-state index is 4.26. The number of fused-ring (bicyclic) bond motifs is 20. The van der Waals surface area contributed by atoms with Gasteiger partial charge in [-0.1, -0.05) is 51.4 Å². The van der Waals surface area contributed by atoms with Gasteiger partial charge in [0.2, 0.25) is 0 Å². The van der Waals surface area contributed by atoms with Gasteiger partial charge < -0.3 is 2.85 Å². The fourth-order valence-corrected chi connectivity index (χ4v) is 12.0. The standard InChI is InChI=1S/C32H56N8.Cu.2Na.2H/c1-2-10-18-17(9-1)25-33-26(18)38-28-21-13-5-6-14-22(21)30(35-28)40-32-24-16-8-7-15-23(24)31(36-32)39-29-20-12-4-3-11-19(20)27(34-29)37-25;;;;;/h17-40H,1-16H2;;;;;/q;;2*+1;2*-1. The molecule has 5 aliphatic heterocycles. The minimum atomic E-state index is 0.